The summed E-state index contributed by atoms with van der Waals surface area (Å²) in [4.78, 5) is 14.8. The van der Waals surface area contributed by atoms with E-state index in [0.717, 1.165) is 28.8 Å². The summed E-state index contributed by atoms with van der Waals surface area (Å²) in [7, 11) is 0. The molecular formula is C21H19F3N4O2. The number of aryl methyl sites for hydroxylation is 1. The molecule has 5 rings (SSSR count). The van der Waals surface area contributed by atoms with Gasteiger partial charge in [-0.15, -0.1) is 0 Å². The Bertz CT molecular complexity index is 1070. The fraction of sp³-hybridized carbons (Fsp3) is 0.333. The van der Waals surface area contributed by atoms with E-state index in [1.165, 1.54) is 12.3 Å². The number of alkyl halides is 3. The molecule has 1 N–H and O–H groups in total. The summed E-state index contributed by atoms with van der Waals surface area (Å²) in [6.07, 6.45) is -1.70. The minimum Gasteiger partial charge on any atom is -0.467 e. The van der Waals surface area contributed by atoms with Crippen molar-refractivity contribution in [3.63, 3.8) is 0 Å². The van der Waals surface area contributed by atoms with Crippen molar-refractivity contribution >= 4 is 17.4 Å². The van der Waals surface area contributed by atoms with Crippen LogP contribution in [0.15, 0.2) is 53.1 Å². The number of benzene rings is 1. The smallest absolute Gasteiger partial charge is 0.410 e. The van der Waals surface area contributed by atoms with Crippen LogP contribution < -0.4 is 10.2 Å². The molecule has 0 spiro atoms. The summed E-state index contributed by atoms with van der Waals surface area (Å²) in [5, 5.41) is 7.11. The van der Waals surface area contributed by atoms with Gasteiger partial charge in [-0.2, -0.15) is 18.3 Å². The van der Waals surface area contributed by atoms with Crippen molar-refractivity contribution in [2.24, 2.45) is 0 Å². The molecule has 0 bridgehead atoms. The molecule has 2 aliphatic rings. The van der Waals surface area contributed by atoms with E-state index in [9.17, 15) is 18.0 Å². The van der Waals surface area contributed by atoms with Gasteiger partial charge in [0.15, 0.2) is 11.7 Å². The van der Waals surface area contributed by atoms with Crippen LogP contribution in [0, 0.1) is 0 Å². The Balaban J connectivity index is 1.51. The van der Waals surface area contributed by atoms with Crippen molar-refractivity contribution in [1.82, 2.24) is 9.78 Å². The molecule has 0 radical (unpaired) electrons. The highest BCUT2D eigenvalue weighted by Crippen LogP contribution is 2.44. The number of amides is 1. The fourth-order valence-corrected chi connectivity index (χ4v) is 4.24. The number of fused-ring (bicyclic) bond motifs is 2. The van der Waals surface area contributed by atoms with Gasteiger partial charge in [0.2, 0.25) is 0 Å². The lowest BCUT2D eigenvalue weighted by atomic mass is 10.0. The molecule has 0 saturated carbocycles. The highest BCUT2D eigenvalue weighted by molar-refractivity contribution is 6.06. The summed E-state index contributed by atoms with van der Waals surface area (Å²) in [6.45, 7) is 0.503. The van der Waals surface area contributed by atoms with E-state index in [1.54, 1.807) is 17.0 Å². The van der Waals surface area contributed by atoms with Crippen molar-refractivity contribution in [3.05, 3.63) is 65.7 Å². The third-order valence-electron chi connectivity index (χ3n) is 5.65. The van der Waals surface area contributed by atoms with Gasteiger partial charge in [0.05, 0.1) is 12.3 Å². The van der Waals surface area contributed by atoms with Gasteiger partial charge in [0.1, 0.15) is 11.6 Å². The maximum Gasteiger partial charge on any atom is 0.410 e. The first-order valence-corrected chi connectivity index (χ1v) is 9.78. The molecule has 2 aliphatic heterocycles. The Hall–Kier alpha value is -3.23. The van der Waals surface area contributed by atoms with Crippen molar-refractivity contribution in [2.75, 3.05) is 16.8 Å². The monoisotopic (exact) mass is 416 g/mol. The molecule has 0 unspecified atom stereocenters. The standard InChI is InChI=1S/C21H19F3N4O2/c22-21(23,24)18-11-14(17-8-4-10-30-17)25-19-12-15(26-28(18)19)20(29)27-9-3-6-13-5-1-2-7-16(13)27/h1-2,4-5,7-8,10,12,14,18,25H,3,6,9,11H2/t14-,18+/m0/s1. The zero-order valence-electron chi connectivity index (χ0n) is 15.9. The topological polar surface area (TPSA) is 63.3 Å². The Morgan fingerprint density at radius 2 is 2.03 bits per heavy atom. The molecule has 2 atom stereocenters. The lowest BCUT2D eigenvalue weighted by molar-refractivity contribution is -0.174. The van der Waals surface area contributed by atoms with Crippen LogP contribution in [0.5, 0.6) is 0 Å². The maximum absolute atomic E-state index is 13.8. The van der Waals surface area contributed by atoms with Crippen molar-refractivity contribution < 1.29 is 22.4 Å². The molecule has 4 heterocycles. The van der Waals surface area contributed by atoms with E-state index in [2.05, 4.69) is 10.4 Å². The molecule has 1 amide bonds. The molecule has 0 saturated heterocycles. The van der Waals surface area contributed by atoms with Crippen LogP contribution in [0.4, 0.5) is 24.7 Å². The average Bonchev–Trinajstić information content (AvgIpc) is 3.41. The highest BCUT2D eigenvalue weighted by atomic mass is 19.4. The minimum atomic E-state index is -4.51. The van der Waals surface area contributed by atoms with Crippen LogP contribution in [0.1, 0.15) is 46.7 Å². The molecule has 2 aromatic heterocycles. The summed E-state index contributed by atoms with van der Waals surface area (Å²) in [5.74, 6) is 0.162. The second-order valence-electron chi connectivity index (χ2n) is 7.55. The van der Waals surface area contributed by atoms with Gasteiger partial charge in [-0.05, 0) is 36.6 Å². The molecule has 1 aromatic carbocycles. The van der Waals surface area contributed by atoms with Crippen LogP contribution in [-0.4, -0.2) is 28.4 Å². The number of carbonyl (C=O) groups is 1. The summed E-state index contributed by atoms with van der Waals surface area (Å²) in [6, 6.07) is 9.73. The Morgan fingerprint density at radius 3 is 2.80 bits per heavy atom. The van der Waals surface area contributed by atoms with Crippen LogP contribution in [0.3, 0.4) is 0 Å². The second-order valence-corrected chi connectivity index (χ2v) is 7.55. The number of aromatic nitrogens is 2. The fourth-order valence-electron chi connectivity index (χ4n) is 4.24. The maximum atomic E-state index is 13.8. The number of furan rings is 1. The van der Waals surface area contributed by atoms with Crippen LogP contribution >= 0.6 is 0 Å². The van der Waals surface area contributed by atoms with E-state index in [-0.39, 0.29) is 17.9 Å². The van der Waals surface area contributed by atoms with Crippen LogP contribution in [-0.2, 0) is 6.42 Å². The Kier molecular flexibility index (Phi) is 4.34. The molecule has 9 heteroatoms. The number of nitrogens with zero attached hydrogens (tertiary/aromatic N) is 3. The first kappa shape index (κ1) is 18.8. The number of hydrogen-bond acceptors (Lipinski definition) is 4. The first-order chi connectivity index (χ1) is 14.4. The van der Waals surface area contributed by atoms with Crippen LogP contribution in [0.2, 0.25) is 0 Å². The van der Waals surface area contributed by atoms with Gasteiger partial charge < -0.3 is 14.6 Å². The predicted octanol–water partition coefficient (Wildman–Crippen LogP) is 4.73. The van der Waals surface area contributed by atoms with Gasteiger partial charge >= 0.3 is 6.18 Å². The Morgan fingerprint density at radius 1 is 1.20 bits per heavy atom. The number of carbonyl (C=O) groups excluding carboxylic acids is 1. The van der Waals surface area contributed by atoms with E-state index in [0.29, 0.717) is 12.3 Å². The quantitative estimate of drug-likeness (QED) is 0.656. The van der Waals surface area contributed by atoms with Crippen LogP contribution in [0.25, 0.3) is 0 Å². The molecular weight excluding hydrogens is 397 g/mol. The van der Waals surface area contributed by atoms with E-state index >= 15 is 0 Å². The third kappa shape index (κ3) is 3.14. The van der Waals surface area contributed by atoms with Gasteiger partial charge in [-0.3, -0.25) is 4.79 Å². The molecule has 0 fully saturated rings. The predicted molar refractivity (Wildman–Crippen MR) is 103 cm³/mol. The zero-order valence-corrected chi connectivity index (χ0v) is 15.9. The highest BCUT2D eigenvalue weighted by Gasteiger charge is 2.47. The molecule has 156 valence electrons. The third-order valence-corrected chi connectivity index (χ3v) is 5.65. The van der Waals surface area contributed by atoms with Gasteiger partial charge in [-0.25, -0.2) is 4.68 Å². The number of nitrogens with one attached hydrogen (secondary N) is 1. The lowest BCUT2D eigenvalue weighted by Crippen LogP contribution is -2.37. The van der Waals surface area contributed by atoms with Gasteiger partial charge in [0, 0.05) is 24.7 Å². The number of halogens is 3. The number of anilines is 2. The molecule has 3 aromatic rings. The lowest BCUT2D eigenvalue weighted by Gasteiger charge is -2.32. The number of hydrogen-bond donors (Lipinski definition) is 1. The van der Waals surface area contributed by atoms with Gasteiger partial charge in [-0.1, -0.05) is 18.2 Å². The summed E-state index contributed by atoms with van der Waals surface area (Å²) >= 11 is 0. The second kappa shape index (κ2) is 6.93. The normalized spacial score (nSPS) is 21.0. The van der Waals surface area contributed by atoms with Crippen molar-refractivity contribution in [3.8, 4) is 0 Å². The van der Waals surface area contributed by atoms with Crippen molar-refractivity contribution in [2.45, 2.75) is 37.5 Å². The zero-order chi connectivity index (χ0) is 20.9. The van der Waals surface area contributed by atoms with E-state index in [4.69, 9.17) is 4.42 Å². The SMILES string of the molecule is O=C(c1cc2n(n1)[C@@H](C(F)(F)F)C[C@@H](c1ccco1)N2)N1CCCc2ccccc21. The van der Waals surface area contributed by atoms with E-state index in [1.807, 2.05) is 24.3 Å². The van der Waals surface area contributed by atoms with Gasteiger partial charge in [0.25, 0.3) is 5.91 Å². The minimum absolute atomic E-state index is 0.0106. The molecule has 30 heavy (non-hydrogen) atoms. The molecule has 6 nitrogen and oxygen atoms in total. The first-order valence-electron chi connectivity index (χ1n) is 9.78. The number of rotatable bonds is 2. The largest absolute Gasteiger partial charge is 0.467 e. The summed E-state index contributed by atoms with van der Waals surface area (Å²) < 4.78 is 47.5. The average molecular weight is 416 g/mol. The molecule has 0 aliphatic carbocycles. The van der Waals surface area contributed by atoms with E-state index < -0.39 is 24.2 Å². The number of para-hydroxylation sites is 1. The Labute approximate surface area is 170 Å². The summed E-state index contributed by atoms with van der Waals surface area (Å²) in [5.41, 5.74) is 1.82. The van der Waals surface area contributed by atoms with Crippen molar-refractivity contribution in [1.29, 1.82) is 0 Å².